The van der Waals surface area contributed by atoms with Crippen molar-refractivity contribution in [2.45, 2.75) is 6.92 Å². The van der Waals surface area contributed by atoms with Crippen LogP contribution in [0.2, 0.25) is 5.02 Å². The molecule has 0 spiro atoms. The Bertz CT molecular complexity index is 1150. The van der Waals surface area contributed by atoms with E-state index in [-0.39, 0.29) is 18.0 Å². The summed E-state index contributed by atoms with van der Waals surface area (Å²) in [7, 11) is 3.62. The van der Waals surface area contributed by atoms with E-state index in [4.69, 9.17) is 16.0 Å². The highest BCUT2D eigenvalue weighted by molar-refractivity contribution is 6.31. The van der Waals surface area contributed by atoms with Crippen molar-refractivity contribution < 1.29 is 14.0 Å². The molecule has 0 saturated heterocycles. The topological polar surface area (TPSA) is 91.6 Å². The zero-order valence-electron chi connectivity index (χ0n) is 16.2. The summed E-state index contributed by atoms with van der Waals surface area (Å²) >= 11 is 5.96. The second kappa shape index (κ2) is 8.46. The van der Waals surface area contributed by atoms with E-state index in [2.05, 4.69) is 10.6 Å². The van der Waals surface area contributed by atoms with Gasteiger partial charge in [0.2, 0.25) is 5.91 Å². The van der Waals surface area contributed by atoms with Crippen LogP contribution < -0.4 is 16.3 Å². The maximum Gasteiger partial charge on any atom is 0.349 e. The van der Waals surface area contributed by atoms with Crippen molar-refractivity contribution in [1.29, 1.82) is 0 Å². The fourth-order valence-electron chi connectivity index (χ4n) is 2.81. The maximum absolute atomic E-state index is 12.6. The number of nitrogens with zero attached hydrogens (tertiary/aromatic N) is 1. The fourth-order valence-corrected chi connectivity index (χ4v) is 2.99. The van der Waals surface area contributed by atoms with E-state index in [0.29, 0.717) is 27.4 Å². The minimum atomic E-state index is -0.735. The molecule has 2 N–H and O–H groups in total. The highest BCUT2D eigenvalue weighted by Crippen LogP contribution is 2.22. The van der Waals surface area contributed by atoms with Crippen molar-refractivity contribution in [3.63, 3.8) is 0 Å². The summed E-state index contributed by atoms with van der Waals surface area (Å²) in [5, 5.41) is 6.52. The molecule has 0 aliphatic rings. The molecule has 8 heteroatoms. The molecule has 150 valence electrons. The van der Waals surface area contributed by atoms with E-state index < -0.39 is 11.5 Å². The van der Waals surface area contributed by atoms with Gasteiger partial charge in [-0.05, 0) is 69.0 Å². The molecule has 1 heterocycles. The normalized spacial score (nSPS) is 10.9. The molecule has 0 fully saturated rings. The van der Waals surface area contributed by atoms with E-state index in [1.165, 1.54) is 6.07 Å². The molecule has 0 saturated carbocycles. The van der Waals surface area contributed by atoms with Crippen LogP contribution >= 0.6 is 11.6 Å². The molecular formula is C21H20ClN3O4. The minimum absolute atomic E-state index is 0.124. The number of fused-ring (bicyclic) bond motifs is 1. The van der Waals surface area contributed by atoms with Gasteiger partial charge in [0, 0.05) is 21.8 Å². The van der Waals surface area contributed by atoms with Gasteiger partial charge < -0.3 is 20.0 Å². The SMILES string of the molecule is Cc1cc(NC(=O)c2cc3cc(Cl)ccc3oc2=O)ccc1NC(=O)CN(C)C. The van der Waals surface area contributed by atoms with Crippen LogP contribution in [-0.4, -0.2) is 37.4 Å². The lowest BCUT2D eigenvalue weighted by molar-refractivity contribution is -0.116. The van der Waals surface area contributed by atoms with E-state index in [1.54, 1.807) is 41.3 Å². The van der Waals surface area contributed by atoms with Crippen LogP contribution in [0.1, 0.15) is 15.9 Å². The Balaban J connectivity index is 1.79. The van der Waals surface area contributed by atoms with Gasteiger partial charge >= 0.3 is 5.63 Å². The van der Waals surface area contributed by atoms with E-state index >= 15 is 0 Å². The molecule has 2 aromatic carbocycles. The number of carbonyl (C=O) groups excluding carboxylic acids is 2. The van der Waals surface area contributed by atoms with Crippen LogP contribution in [0.3, 0.4) is 0 Å². The maximum atomic E-state index is 12.6. The molecule has 0 unspecified atom stereocenters. The number of hydrogen-bond acceptors (Lipinski definition) is 5. The van der Waals surface area contributed by atoms with Crippen LogP contribution in [0.15, 0.2) is 51.7 Å². The van der Waals surface area contributed by atoms with Crippen LogP contribution in [0.5, 0.6) is 0 Å². The third-order valence-corrected chi connectivity index (χ3v) is 4.39. The number of aryl methyl sites for hydroxylation is 1. The number of nitrogens with one attached hydrogen (secondary N) is 2. The smallest absolute Gasteiger partial charge is 0.349 e. The van der Waals surface area contributed by atoms with Crippen molar-refractivity contribution in [3.05, 3.63) is 69.0 Å². The van der Waals surface area contributed by atoms with Crippen molar-refractivity contribution in [3.8, 4) is 0 Å². The van der Waals surface area contributed by atoms with E-state index in [9.17, 15) is 14.4 Å². The van der Waals surface area contributed by atoms with Crippen molar-refractivity contribution in [2.75, 3.05) is 31.3 Å². The molecule has 7 nitrogen and oxygen atoms in total. The van der Waals surface area contributed by atoms with Gasteiger partial charge in [-0.15, -0.1) is 0 Å². The first-order valence-corrected chi connectivity index (χ1v) is 9.21. The lowest BCUT2D eigenvalue weighted by Crippen LogP contribution is -2.27. The Morgan fingerprint density at radius 3 is 2.52 bits per heavy atom. The average Bonchev–Trinajstić information content (AvgIpc) is 2.63. The molecule has 0 aliphatic carbocycles. The van der Waals surface area contributed by atoms with Crippen LogP contribution in [0.25, 0.3) is 11.0 Å². The second-order valence-electron chi connectivity index (χ2n) is 6.90. The predicted octanol–water partition coefficient (Wildman–Crippen LogP) is 3.51. The number of amides is 2. The zero-order chi connectivity index (χ0) is 21.1. The van der Waals surface area contributed by atoms with Gasteiger partial charge in [0.05, 0.1) is 6.54 Å². The molecular weight excluding hydrogens is 394 g/mol. The Morgan fingerprint density at radius 2 is 1.83 bits per heavy atom. The summed E-state index contributed by atoms with van der Waals surface area (Å²) in [5.74, 6) is -0.730. The Kier molecular flexibility index (Phi) is 6.00. The minimum Gasteiger partial charge on any atom is -0.422 e. The Hall–Kier alpha value is -3.16. The third kappa shape index (κ3) is 5.01. The predicted molar refractivity (Wildman–Crippen MR) is 114 cm³/mol. The summed E-state index contributed by atoms with van der Waals surface area (Å²) in [5.41, 5.74) is 1.40. The molecule has 3 aromatic rings. The summed E-state index contributed by atoms with van der Waals surface area (Å²) < 4.78 is 5.20. The van der Waals surface area contributed by atoms with Crippen LogP contribution in [0, 0.1) is 6.92 Å². The second-order valence-corrected chi connectivity index (χ2v) is 7.34. The highest BCUT2D eigenvalue weighted by Gasteiger charge is 2.15. The summed E-state index contributed by atoms with van der Waals surface area (Å²) in [6.07, 6.45) is 0. The molecule has 0 atom stereocenters. The number of carbonyl (C=O) groups is 2. The standard InChI is InChI=1S/C21H20ClN3O4/c1-12-8-15(5-6-17(12)24-19(26)11-25(2)3)23-20(27)16-10-13-9-14(22)4-7-18(13)29-21(16)28/h4-10H,11H2,1-3H3,(H,23,27)(H,24,26). The Labute approximate surface area is 172 Å². The van der Waals surface area contributed by atoms with E-state index in [0.717, 1.165) is 5.56 Å². The van der Waals surface area contributed by atoms with Crippen molar-refractivity contribution >= 4 is 45.8 Å². The quantitative estimate of drug-likeness (QED) is 0.624. The summed E-state index contributed by atoms with van der Waals surface area (Å²) in [4.78, 5) is 38.4. The van der Waals surface area contributed by atoms with Gasteiger partial charge in [-0.3, -0.25) is 9.59 Å². The van der Waals surface area contributed by atoms with Gasteiger partial charge in [0.15, 0.2) is 0 Å². The van der Waals surface area contributed by atoms with Gasteiger partial charge in [0.25, 0.3) is 5.91 Å². The molecule has 0 bridgehead atoms. The first kappa shape index (κ1) is 20.6. The number of rotatable bonds is 5. The molecule has 0 aliphatic heterocycles. The highest BCUT2D eigenvalue weighted by atomic mass is 35.5. The number of likely N-dealkylation sites (N-methyl/N-ethyl adjacent to an activating group) is 1. The van der Waals surface area contributed by atoms with Gasteiger partial charge in [-0.2, -0.15) is 0 Å². The number of benzene rings is 2. The van der Waals surface area contributed by atoms with Gasteiger partial charge in [-0.25, -0.2) is 4.79 Å². The van der Waals surface area contributed by atoms with Crippen LogP contribution in [0.4, 0.5) is 11.4 Å². The lowest BCUT2D eigenvalue weighted by Gasteiger charge is -2.13. The van der Waals surface area contributed by atoms with Gasteiger partial charge in [-0.1, -0.05) is 11.6 Å². The zero-order valence-corrected chi connectivity index (χ0v) is 17.0. The average molecular weight is 414 g/mol. The fraction of sp³-hybridized carbons (Fsp3) is 0.190. The van der Waals surface area contributed by atoms with Crippen LogP contribution in [-0.2, 0) is 4.79 Å². The number of halogens is 1. The number of hydrogen-bond donors (Lipinski definition) is 2. The monoisotopic (exact) mass is 413 g/mol. The van der Waals surface area contributed by atoms with Gasteiger partial charge in [0.1, 0.15) is 11.1 Å². The van der Waals surface area contributed by atoms with Crippen molar-refractivity contribution in [2.24, 2.45) is 0 Å². The molecule has 1 aromatic heterocycles. The molecule has 2 amide bonds. The van der Waals surface area contributed by atoms with Crippen molar-refractivity contribution in [1.82, 2.24) is 4.90 Å². The lowest BCUT2D eigenvalue weighted by atomic mass is 10.1. The first-order chi connectivity index (χ1) is 13.7. The molecule has 3 rings (SSSR count). The Morgan fingerprint density at radius 1 is 1.07 bits per heavy atom. The number of anilines is 2. The largest absolute Gasteiger partial charge is 0.422 e. The molecule has 29 heavy (non-hydrogen) atoms. The third-order valence-electron chi connectivity index (χ3n) is 4.16. The summed E-state index contributed by atoms with van der Waals surface area (Å²) in [6, 6.07) is 11.3. The first-order valence-electron chi connectivity index (χ1n) is 8.83. The summed E-state index contributed by atoms with van der Waals surface area (Å²) in [6.45, 7) is 2.08. The molecule has 0 radical (unpaired) electrons. The van der Waals surface area contributed by atoms with E-state index in [1.807, 2.05) is 21.0 Å².